The van der Waals surface area contributed by atoms with Crippen LogP contribution in [0.4, 0.5) is 4.79 Å². The predicted molar refractivity (Wildman–Crippen MR) is 111 cm³/mol. The number of amides is 1. The molecule has 11 nitrogen and oxygen atoms in total. The fourth-order valence-electron chi connectivity index (χ4n) is 5.53. The maximum absolute atomic E-state index is 13.5. The zero-order valence-electron chi connectivity index (χ0n) is 18.5. The van der Waals surface area contributed by atoms with Crippen molar-refractivity contribution in [1.82, 2.24) is 15.1 Å². The number of aliphatic hydroxyl groups excluding tert-OH is 1. The molecule has 11 heteroatoms. The number of likely N-dealkylation sites (tertiary alicyclic amines) is 1. The molecule has 176 valence electrons. The minimum absolute atomic E-state index is 0.0133. The molecule has 0 radical (unpaired) electrons. The zero-order chi connectivity index (χ0) is 23.4. The van der Waals surface area contributed by atoms with E-state index >= 15 is 0 Å². The largest absolute Gasteiger partial charge is 0.486 e. The number of fused-ring (bicyclic) bond motifs is 4. The Labute approximate surface area is 185 Å². The molecule has 0 aromatic carbocycles. The van der Waals surface area contributed by atoms with E-state index < -0.39 is 17.7 Å². The number of carbonyl (C=O) groups is 3. The summed E-state index contributed by atoms with van der Waals surface area (Å²) in [6, 6.07) is 0.242. The molecule has 0 spiro atoms. The van der Waals surface area contributed by atoms with E-state index in [0.717, 1.165) is 25.9 Å². The highest BCUT2D eigenvalue weighted by Crippen LogP contribution is 2.55. The van der Waals surface area contributed by atoms with Crippen LogP contribution in [0.5, 0.6) is 0 Å². The fourth-order valence-corrected chi connectivity index (χ4v) is 5.53. The van der Waals surface area contributed by atoms with Crippen LogP contribution in [-0.4, -0.2) is 102 Å². The van der Waals surface area contributed by atoms with Crippen molar-refractivity contribution in [2.45, 2.75) is 43.7 Å². The first-order chi connectivity index (χ1) is 15.2. The quantitative estimate of drug-likeness (QED) is 0.309. The Bertz CT molecular complexity index is 904. The van der Waals surface area contributed by atoms with Crippen molar-refractivity contribution in [3.63, 3.8) is 0 Å². The number of carboxylic acid groups (broad SMARTS) is 1. The number of nitrogens with one attached hydrogen (secondary N) is 1. The van der Waals surface area contributed by atoms with Gasteiger partial charge in [0.1, 0.15) is 6.10 Å². The average molecular weight is 450 g/mol. The molecule has 32 heavy (non-hydrogen) atoms. The lowest BCUT2D eigenvalue weighted by Gasteiger charge is -2.39. The second-order valence-electron chi connectivity index (χ2n) is 8.89. The number of ketones is 2. The van der Waals surface area contributed by atoms with Crippen LogP contribution in [0.2, 0.25) is 0 Å². The molecular weight excluding hydrogens is 420 g/mol. The maximum atomic E-state index is 13.5. The van der Waals surface area contributed by atoms with Gasteiger partial charge in [0.15, 0.2) is 11.5 Å². The molecule has 5 aliphatic rings. The van der Waals surface area contributed by atoms with E-state index in [0.29, 0.717) is 23.4 Å². The second-order valence-corrected chi connectivity index (χ2v) is 8.89. The number of nitrogens with zero attached hydrogens (tertiary/aromatic N) is 2. The first-order valence-corrected chi connectivity index (χ1v) is 10.7. The smallest absolute Gasteiger partial charge is 0.402 e. The highest BCUT2D eigenvalue weighted by atomic mass is 16.5. The Kier molecular flexibility index (Phi) is 5.78. The Morgan fingerprint density at radius 2 is 1.91 bits per heavy atom. The lowest BCUT2D eigenvalue weighted by molar-refractivity contribution is -0.137. The van der Waals surface area contributed by atoms with E-state index in [1.165, 1.54) is 0 Å². The summed E-state index contributed by atoms with van der Waals surface area (Å²) in [7, 11) is 3.65. The van der Waals surface area contributed by atoms with Gasteiger partial charge in [-0.2, -0.15) is 0 Å². The van der Waals surface area contributed by atoms with Gasteiger partial charge in [-0.15, -0.1) is 0 Å². The summed E-state index contributed by atoms with van der Waals surface area (Å²) in [5, 5.41) is 20.7. The van der Waals surface area contributed by atoms with Crippen molar-refractivity contribution in [3.8, 4) is 0 Å². The second kappa shape index (κ2) is 8.14. The molecule has 0 aromatic heterocycles. The molecule has 3 fully saturated rings. The van der Waals surface area contributed by atoms with Crippen molar-refractivity contribution in [1.29, 1.82) is 0 Å². The maximum Gasteiger partial charge on any atom is 0.402 e. The van der Waals surface area contributed by atoms with E-state index in [-0.39, 0.29) is 42.1 Å². The van der Waals surface area contributed by atoms with Crippen molar-refractivity contribution in [3.05, 3.63) is 22.6 Å². The number of allylic oxidation sites excluding steroid dienone is 2. The van der Waals surface area contributed by atoms with Gasteiger partial charge in [-0.1, -0.05) is 0 Å². The molecule has 0 saturated carbocycles. The molecule has 1 amide bonds. The first kappa shape index (κ1) is 22.7. The molecule has 4 aliphatic heterocycles. The SMILES string of the molecule is COC12C(CO)C3=C(C(=O)C(C)=C(OC4CCN(C)CC4)C3=O)N1CC1NC12.NC(=O)O. The van der Waals surface area contributed by atoms with Crippen molar-refractivity contribution in [2.75, 3.05) is 40.4 Å². The number of hydrogen-bond donors (Lipinski definition) is 4. The number of piperidine rings is 1. The van der Waals surface area contributed by atoms with Crippen LogP contribution >= 0.6 is 0 Å². The molecule has 4 unspecified atom stereocenters. The first-order valence-electron chi connectivity index (χ1n) is 10.7. The summed E-state index contributed by atoms with van der Waals surface area (Å²) in [5.41, 5.74) is 4.27. The number of primary amides is 1. The van der Waals surface area contributed by atoms with E-state index in [2.05, 4.69) is 23.0 Å². The molecule has 0 aromatic rings. The van der Waals surface area contributed by atoms with Gasteiger partial charge in [0, 0.05) is 43.9 Å². The highest BCUT2D eigenvalue weighted by molar-refractivity contribution is 6.25. The van der Waals surface area contributed by atoms with Crippen molar-refractivity contribution < 1.29 is 34.1 Å². The molecule has 5 rings (SSSR count). The average Bonchev–Trinajstić information content (AvgIpc) is 3.36. The van der Waals surface area contributed by atoms with Crippen LogP contribution in [0, 0.1) is 5.92 Å². The number of aliphatic hydroxyl groups is 1. The fraction of sp³-hybridized carbons (Fsp3) is 0.667. The number of hydrogen-bond acceptors (Lipinski definition) is 9. The third-order valence-corrected chi connectivity index (χ3v) is 7.11. The van der Waals surface area contributed by atoms with Gasteiger partial charge in [-0.05, 0) is 26.8 Å². The molecular formula is C21H30N4O7. The standard InChI is InChI=1S/C20H27N3O5.CH3NO2/c1-10-16(25)15-14(17(26)18(10)28-11-4-6-22(2)7-5-11)12(9-24)20(27-3)19-13(21-19)8-23(15)20;2-1(3)4/h11-13,19,21,24H,4-9H2,1-3H3;2H2,(H,3,4). The highest BCUT2D eigenvalue weighted by Gasteiger charge is 2.72. The Balaban J connectivity index is 0.000000567. The summed E-state index contributed by atoms with van der Waals surface area (Å²) in [6.07, 6.45) is 0.248. The molecule has 4 atom stereocenters. The molecule has 1 aliphatic carbocycles. The molecule has 3 saturated heterocycles. The number of rotatable bonds is 4. The number of Topliss-reactive ketones (excluding diaryl/α,β-unsaturated/α-hetero) is 2. The Hall–Kier alpha value is -2.47. The van der Waals surface area contributed by atoms with Crippen LogP contribution in [0.25, 0.3) is 0 Å². The predicted octanol–water partition coefficient (Wildman–Crippen LogP) is -0.979. The summed E-state index contributed by atoms with van der Waals surface area (Å²) >= 11 is 0. The molecule has 5 N–H and O–H groups in total. The van der Waals surface area contributed by atoms with E-state index in [1.807, 2.05) is 4.90 Å². The third-order valence-electron chi connectivity index (χ3n) is 7.11. The summed E-state index contributed by atoms with van der Waals surface area (Å²) < 4.78 is 12.0. The third kappa shape index (κ3) is 3.31. The Morgan fingerprint density at radius 3 is 2.47 bits per heavy atom. The number of carbonyl (C=O) groups excluding carboxylic acids is 2. The number of methoxy groups -OCH3 is 1. The van der Waals surface area contributed by atoms with Gasteiger partial charge in [0.25, 0.3) is 0 Å². The number of nitrogens with two attached hydrogens (primary N) is 1. The topological polar surface area (TPSA) is 165 Å². The normalized spacial score (nSPS) is 34.1. The zero-order valence-corrected chi connectivity index (χ0v) is 18.5. The van der Waals surface area contributed by atoms with E-state index in [9.17, 15) is 14.7 Å². The molecule has 4 heterocycles. The van der Waals surface area contributed by atoms with Crippen LogP contribution in [-0.2, 0) is 19.1 Å². The lowest BCUT2D eigenvalue weighted by Crippen LogP contribution is -2.54. The van der Waals surface area contributed by atoms with Gasteiger partial charge in [-0.3, -0.25) is 9.59 Å². The Morgan fingerprint density at radius 1 is 1.28 bits per heavy atom. The van der Waals surface area contributed by atoms with Crippen molar-refractivity contribution in [2.24, 2.45) is 11.7 Å². The molecule has 0 bridgehead atoms. The minimum Gasteiger partial charge on any atom is -0.486 e. The minimum atomic E-state index is -1.33. The van der Waals surface area contributed by atoms with Crippen LogP contribution < -0.4 is 11.1 Å². The van der Waals surface area contributed by atoms with E-state index in [1.54, 1.807) is 14.0 Å². The van der Waals surface area contributed by atoms with Gasteiger partial charge in [0.2, 0.25) is 11.6 Å². The van der Waals surface area contributed by atoms with E-state index in [4.69, 9.17) is 19.4 Å². The number of ether oxygens (including phenoxy) is 2. The van der Waals surface area contributed by atoms with Gasteiger partial charge in [0.05, 0.1) is 24.3 Å². The van der Waals surface area contributed by atoms with Gasteiger partial charge < -0.3 is 40.5 Å². The lowest BCUT2D eigenvalue weighted by atomic mass is 9.83. The van der Waals surface area contributed by atoms with Gasteiger partial charge >= 0.3 is 6.09 Å². The van der Waals surface area contributed by atoms with Crippen molar-refractivity contribution >= 4 is 17.7 Å². The summed E-state index contributed by atoms with van der Waals surface area (Å²) in [5.74, 6) is -0.869. The number of piperazine rings is 1. The van der Waals surface area contributed by atoms with Crippen LogP contribution in [0.15, 0.2) is 22.6 Å². The summed E-state index contributed by atoms with van der Waals surface area (Å²) in [6.45, 7) is 3.83. The van der Waals surface area contributed by atoms with Gasteiger partial charge in [-0.25, -0.2) is 4.79 Å². The monoisotopic (exact) mass is 450 g/mol. The van der Waals surface area contributed by atoms with Crippen LogP contribution in [0.3, 0.4) is 0 Å². The van der Waals surface area contributed by atoms with Crippen LogP contribution in [0.1, 0.15) is 19.8 Å². The summed E-state index contributed by atoms with van der Waals surface area (Å²) in [4.78, 5) is 39.7.